The van der Waals surface area contributed by atoms with Gasteiger partial charge in [0.05, 0.1) is 11.3 Å². The summed E-state index contributed by atoms with van der Waals surface area (Å²) in [5.41, 5.74) is 1.06. The number of allylic oxidation sites excluding steroid dienone is 1. The van der Waals surface area contributed by atoms with Crippen molar-refractivity contribution in [2.24, 2.45) is 0 Å². The minimum absolute atomic E-state index is 0.134. The van der Waals surface area contributed by atoms with Crippen molar-refractivity contribution < 1.29 is 9.59 Å². The Bertz CT molecular complexity index is 837. The highest BCUT2D eigenvalue weighted by atomic mass is 16.1. The number of ketones is 2. The highest BCUT2D eigenvalue weighted by Gasteiger charge is 2.30. The first kappa shape index (κ1) is 30.2. The van der Waals surface area contributed by atoms with Crippen LogP contribution >= 0.6 is 0 Å². The monoisotopic (exact) mass is 497 g/mol. The smallest absolute Gasteiger partial charge is 0.216 e. The van der Waals surface area contributed by atoms with Gasteiger partial charge in [-0.05, 0) is 18.9 Å². The number of nitrogens with zero attached hydrogens (tertiary/aromatic N) is 1. The van der Waals surface area contributed by atoms with Crippen LogP contribution in [0.2, 0.25) is 0 Å². The zero-order valence-corrected chi connectivity index (χ0v) is 23.2. The Hall–Kier alpha value is -2.04. The van der Waals surface area contributed by atoms with Crippen LogP contribution in [0.15, 0.2) is 5.57 Å². The number of fused-ring (bicyclic) bond motifs is 1. The fraction of sp³-hybridized carbons (Fsp3) is 0.742. The van der Waals surface area contributed by atoms with E-state index in [9.17, 15) is 9.59 Å². The molecule has 0 fully saturated rings. The van der Waals surface area contributed by atoms with E-state index in [1.165, 1.54) is 96.3 Å². The Balaban J connectivity index is 1.68. The molecule has 1 aromatic rings. The van der Waals surface area contributed by atoms with Gasteiger partial charge in [0.1, 0.15) is 17.2 Å². The molecule has 5 heteroatoms. The average molecular weight is 498 g/mol. The summed E-state index contributed by atoms with van der Waals surface area (Å²) >= 11 is 0. The summed E-state index contributed by atoms with van der Waals surface area (Å²) in [4.78, 5) is 33.2. The van der Waals surface area contributed by atoms with Gasteiger partial charge in [-0.3, -0.25) is 15.0 Å². The van der Waals surface area contributed by atoms with Crippen LogP contribution in [0.25, 0.3) is 6.08 Å². The first-order valence-corrected chi connectivity index (χ1v) is 15.1. The maximum Gasteiger partial charge on any atom is 0.216 e. The van der Waals surface area contributed by atoms with Crippen LogP contribution in [0.1, 0.15) is 159 Å². The van der Waals surface area contributed by atoms with Crippen molar-refractivity contribution in [3.8, 4) is 0 Å². The third-order valence-corrected chi connectivity index (χ3v) is 7.35. The average Bonchev–Trinajstić information content (AvgIpc) is 3.29. The number of Topliss-reactive ketones (excluding diaryl/α,β-unsaturated/α-hetero) is 2. The van der Waals surface area contributed by atoms with Crippen molar-refractivity contribution in [3.63, 3.8) is 0 Å². The maximum absolute atomic E-state index is 12.7. The van der Waals surface area contributed by atoms with Crippen molar-refractivity contribution in [2.45, 2.75) is 149 Å². The number of hydrogen-bond donors (Lipinski definition) is 2. The summed E-state index contributed by atoms with van der Waals surface area (Å²) in [7, 11) is 0. The fourth-order valence-corrected chi connectivity index (χ4v) is 5.02. The van der Waals surface area contributed by atoms with Gasteiger partial charge in [-0.2, -0.15) is 0 Å². The second-order valence-electron chi connectivity index (χ2n) is 10.6. The summed E-state index contributed by atoms with van der Waals surface area (Å²) in [5, 5.41) is 8.27. The molecule has 1 aliphatic rings. The van der Waals surface area contributed by atoms with Crippen molar-refractivity contribution in [1.82, 2.24) is 9.97 Å². The van der Waals surface area contributed by atoms with Crippen molar-refractivity contribution in [3.05, 3.63) is 22.8 Å². The molecular formula is C31H51N3O2. The number of H-pyrrole nitrogens is 1. The molecule has 36 heavy (non-hydrogen) atoms. The van der Waals surface area contributed by atoms with Crippen molar-refractivity contribution in [1.29, 1.82) is 5.41 Å². The number of aromatic amines is 1. The van der Waals surface area contributed by atoms with E-state index in [1.54, 1.807) is 6.08 Å². The summed E-state index contributed by atoms with van der Waals surface area (Å²) in [6.07, 6.45) is 26.4. The zero-order valence-electron chi connectivity index (χ0n) is 23.2. The highest BCUT2D eigenvalue weighted by molar-refractivity contribution is 6.57. The molecule has 0 amide bonds. The number of aromatic nitrogens is 2. The second-order valence-corrected chi connectivity index (χ2v) is 10.6. The molecule has 1 aromatic heterocycles. The van der Waals surface area contributed by atoms with Crippen LogP contribution in [-0.2, 0) is 16.0 Å². The molecule has 0 unspecified atom stereocenters. The minimum atomic E-state index is -0.472. The minimum Gasteiger partial charge on any atom is -0.342 e. The SMILES string of the molecule is CCCCCCCCCCCCCC(=O)C1=Cc2[nH]c(CCCCCCCCCC)nc2C(=N)C1=O. The number of aryl methyl sites for hydroxylation is 1. The van der Waals surface area contributed by atoms with E-state index in [0.29, 0.717) is 17.8 Å². The van der Waals surface area contributed by atoms with Gasteiger partial charge in [-0.15, -0.1) is 0 Å². The van der Waals surface area contributed by atoms with Gasteiger partial charge in [-0.1, -0.05) is 123 Å². The fourth-order valence-electron chi connectivity index (χ4n) is 5.02. The lowest BCUT2D eigenvalue weighted by atomic mass is 9.91. The Morgan fingerprint density at radius 3 is 1.75 bits per heavy atom. The molecule has 0 radical (unpaired) electrons. The van der Waals surface area contributed by atoms with Crippen molar-refractivity contribution >= 4 is 23.4 Å². The van der Waals surface area contributed by atoms with Crippen LogP contribution in [0.5, 0.6) is 0 Å². The number of carbonyl (C=O) groups excluding carboxylic acids is 2. The molecule has 0 spiro atoms. The lowest BCUT2D eigenvalue weighted by molar-refractivity contribution is -0.118. The standard InChI is InChI=1S/C31H51N3O2/c1-3-5-7-9-11-13-14-15-16-18-20-22-27(35)25-24-26-30(29(32)31(25)36)34-28(33-26)23-21-19-17-12-10-8-6-4-2/h24,32H,3-23H2,1-2H3,(H,33,34). The van der Waals surface area contributed by atoms with Gasteiger partial charge in [0.15, 0.2) is 5.78 Å². The van der Waals surface area contributed by atoms with Crippen LogP contribution in [0.3, 0.4) is 0 Å². The lowest BCUT2D eigenvalue weighted by Crippen LogP contribution is -2.26. The van der Waals surface area contributed by atoms with Gasteiger partial charge in [0.25, 0.3) is 0 Å². The Morgan fingerprint density at radius 1 is 0.750 bits per heavy atom. The normalized spacial score (nSPS) is 13.2. The van der Waals surface area contributed by atoms with E-state index in [4.69, 9.17) is 5.41 Å². The van der Waals surface area contributed by atoms with E-state index in [1.807, 2.05) is 0 Å². The predicted molar refractivity (Wildman–Crippen MR) is 151 cm³/mol. The van der Waals surface area contributed by atoms with Gasteiger partial charge in [0.2, 0.25) is 5.78 Å². The number of carbonyl (C=O) groups is 2. The van der Waals surface area contributed by atoms with Crippen molar-refractivity contribution in [2.75, 3.05) is 0 Å². The molecule has 2 N–H and O–H groups in total. The third-order valence-electron chi connectivity index (χ3n) is 7.35. The summed E-state index contributed by atoms with van der Waals surface area (Å²) in [6.45, 7) is 4.49. The molecule has 0 aromatic carbocycles. The van der Waals surface area contributed by atoms with Gasteiger partial charge in [0, 0.05) is 12.8 Å². The maximum atomic E-state index is 12.7. The number of unbranched alkanes of at least 4 members (excludes halogenated alkanes) is 17. The first-order chi connectivity index (χ1) is 17.6. The molecule has 1 aliphatic carbocycles. The van der Waals surface area contributed by atoms with Crippen LogP contribution in [0, 0.1) is 5.41 Å². The summed E-state index contributed by atoms with van der Waals surface area (Å²) < 4.78 is 0. The molecular weight excluding hydrogens is 446 g/mol. The van der Waals surface area contributed by atoms with E-state index in [2.05, 4.69) is 23.8 Å². The molecule has 1 heterocycles. The van der Waals surface area contributed by atoms with E-state index in [-0.39, 0.29) is 17.1 Å². The Morgan fingerprint density at radius 2 is 1.22 bits per heavy atom. The lowest BCUT2D eigenvalue weighted by Gasteiger charge is -2.11. The van der Waals surface area contributed by atoms with Gasteiger partial charge < -0.3 is 4.98 Å². The molecule has 0 atom stereocenters. The largest absolute Gasteiger partial charge is 0.342 e. The number of nitrogens with one attached hydrogen (secondary N) is 2. The molecule has 0 bridgehead atoms. The summed E-state index contributed by atoms with van der Waals surface area (Å²) in [6, 6.07) is 0. The highest BCUT2D eigenvalue weighted by Crippen LogP contribution is 2.23. The Labute approximate surface area is 219 Å². The van der Waals surface area contributed by atoms with Crippen LogP contribution < -0.4 is 0 Å². The molecule has 0 saturated carbocycles. The molecule has 0 aliphatic heterocycles. The number of hydrogen-bond acceptors (Lipinski definition) is 4. The number of rotatable bonds is 22. The molecule has 2 rings (SSSR count). The molecule has 0 saturated heterocycles. The predicted octanol–water partition coefficient (Wildman–Crippen LogP) is 8.70. The Kier molecular flexibility index (Phi) is 15.3. The van der Waals surface area contributed by atoms with Crippen LogP contribution in [0.4, 0.5) is 0 Å². The topological polar surface area (TPSA) is 86.7 Å². The van der Waals surface area contributed by atoms with Gasteiger partial charge in [-0.25, -0.2) is 4.98 Å². The molecule has 202 valence electrons. The molecule has 5 nitrogen and oxygen atoms in total. The van der Waals surface area contributed by atoms with E-state index >= 15 is 0 Å². The van der Waals surface area contributed by atoms with E-state index < -0.39 is 5.78 Å². The third kappa shape index (κ3) is 10.9. The number of imidazole rings is 1. The van der Waals surface area contributed by atoms with E-state index in [0.717, 1.165) is 37.9 Å². The first-order valence-electron chi connectivity index (χ1n) is 15.1. The second kappa shape index (κ2) is 18.2. The van der Waals surface area contributed by atoms with Crippen LogP contribution in [-0.4, -0.2) is 27.2 Å². The van der Waals surface area contributed by atoms with Gasteiger partial charge >= 0.3 is 0 Å². The summed E-state index contributed by atoms with van der Waals surface area (Å²) in [5.74, 6) is 0.213. The zero-order chi connectivity index (χ0) is 26.0. The quantitative estimate of drug-likeness (QED) is 0.124.